The molecule has 1 fully saturated rings. The maximum absolute atomic E-state index is 5.65. The maximum Gasteiger partial charge on any atom is 0.323 e. The average molecular weight is 283 g/mol. The molecule has 6 nitrogen and oxygen atoms in total. The van der Waals surface area contributed by atoms with Crippen LogP contribution in [0, 0.1) is 0 Å². The highest BCUT2D eigenvalue weighted by atomic mass is 32.2. The van der Waals surface area contributed by atoms with E-state index in [0.717, 1.165) is 18.1 Å². The number of rotatable bonds is 6. The summed E-state index contributed by atoms with van der Waals surface area (Å²) in [5.41, 5.74) is 5.65. The Balaban J connectivity index is 1.95. The molecule has 3 N–H and O–H groups in total. The van der Waals surface area contributed by atoms with Crippen molar-refractivity contribution >= 4 is 23.7 Å². The largest absolute Gasteiger partial charge is 0.464 e. The predicted molar refractivity (Wildman–Crippen MR) is 78.6 cm³/mol. The van der Waals surface area contributed by atoms with Gasteiger partial charge in [-0.1, -0.05) is 6.92 Å². The standard InChI is InChI=1S/C12H21N5OS/c1-3-18-12-16-10(13)15-11(17-12)14-8-5-6-9(7-8)19-4-2/h8-9H,3-7H2,1-2H3,(H3,13,14,15,16,17). The molecule has 0 spiro atoms. The highest BCUT2D eigenvalue weighted by Crippen LogP contribution is 2.31. The van der Waals surface area contributed by atoms with E-state index in [-0.39, 0.29) is 12.0 Å². The van der Waals surface area contributed by atoms with Crippen molar-refractivity contribution in [2.75, 3.05) is 23.4 Å². The van der Waals surface area contributed by atoms with Crippen LogP contribution in [0.2, 0.25) is 0 Å². The Morgan fingerprint density at radius 3 is 2.89 bits per heavy atom. The Kier molecular flexibility index (Phi) is 5.07. The first-order chi connectivity index (χ1) is 9.21. The third kappa shape index (κ3) is 4.12. The van der Waals surface area contributed by atoms with Crippen LogP contribution in [0.1, 0.15) is 33.1 Å². The molecular formula is C12H21N5OS. The van der Waals surface area contributed by atoms with Crippen molar-refractivity contribution < 1.29 is 4.74 Å². The summed E-state index contributed by atoms with van der Waals surface area (Å²) in [5.74, 6) is 1.88. The number of hydrogen-bond donors (Lipinski definition) is 2. The molecule has 1 aliphatic rings. The molecule has 0 aromatic carbocycles. The minimum atomic E-state index is 0.193. The Labute approximate surface area is 117 Å². The molecule has 19 heavy (non-hydrogen) atoms. The lowest BCUT2D eigenvalue weighted by molar-refractivity contribution is 0.312. The fourth-order valence-corrected chi connectivity index (χ4v) is 3.41. The van der Waals surface area contributed by atoms with Gasteiger partial charge in [-0.2, -0.15) is 26.7 Å². The van der Waals surface area contributed by atoms with Gasteiger partial charge in [-0.3, -0.25) is 0 Å². The number of nitrogens with zero attached hydrogens (tertiary/aromatic N) is 3. The van der Waals surface area contributed by atoms with Gasteiger partial charge in [0.1, 0.15) is 0 Å². The summed E-state index contributed by atoms with van der Waals surface area (Å²) in [6, 6.07) is 0.704. The highest BCUT2D eigenvalue weighted by Gasteiger charge is 2.25. The van der Waals surface area contributed by atoms with Crippen LogP contribution in [-0.2, 0) is 0 Å². The molecule has 0 bridgehead atoms. The number of aromatic nitrogens is 3. The zero-order chi connectivity index (χ0) is 13.7. The summed E-state index contributed by atoms with van der Waals surface area (Å²) < 4.78 is 5.27. The van der Waals surface area contributed by atoms with Crippen molar-refractivity contribution in [3.05, 3.63) is 0 Å². The lowest BCUT2D eigenvalue weighted by atomic mass is 10.2. The third-order valence-electron chi connectivity index (χ3n) is 3.03. The van der Waals surface area contributed by atoms with Gasteiger partial charge in [0.05, 0.1) is 6.61 Å². The van der Waals surface area contributed by atoms with Crippen molar-refractivity contribution in [1.82, 2.24) is 15.0 Å². The molecule has 1 aromatic heterocycles. The van der Waals surface area contributed by atoms with Crippen LogP contribution in [0.4, 0.5) is 11.9 Å². The number of anilines is 2. The Hall–Kier alpha value is -1.24. The van der Waals surface area contributed by atoms with Crippen molar-refractivity contribution in [3.8, 4) is 6.01 Å². The smallest absolute Gasteiger partial charge is 0.323 e. The molecular weight excluding hydrogens is 262 g/mol. The number of hydrogen-bond acceptors (Lipinski definition) is 7. The maximum atomic E-state index is 5.65. The summed E-state index contributed by atoms with van der Waals surface area (Å²) in [6.07, 6.45) is 3.54. The molecule has 1 saturated carbocycles. The summed E-state index contributed by atoms with van der Waals surface area (Å²) in [5, 5.41) is 4.08. The summed E-state index contributed by atoms with van der Waals surface area (Å²) in [4.78, 5) is 12.3. The molecule has 1 aliphatic carbocycles. The van der Waals surface area contributed by atoms with Crippen molar-refractivity contribution in [1.29, 1.82) is 0 Å². The minimum Gasteiger partial charge on any atom is -0.464 e. The molecule has 1 aromatic rings. The minimum absolute atomic E-state index is 0.193. The highest BCUT2D eigenvalue weighted by molar-refractivity contribution is 7.99. The van der Waals surface area contributed by atoms with Gasteiger partial charge in [0.15, 0.2) is 0 Å². The fraction of sp³-hybridized carbons (Fsp3) is 0.750. The number of nitrogen functional groups attached to an aromatic ring is 1. The zero-order valence-electron chi connectivity index (χ0n) is 11.4. The average Bonchev–Trinajstić information content (AvgIpc) is 2.76. The molecule has 2 atom stereocenters. The molecule has 0 aliphatic heterocycles. The number of nitrogens with one attached hydrogen (secondary N) is 1. The number of thioether (sulfide) groups is 1. The lowest BCUT2D eigenvalue weighted by Gasteiger charge is -2.13. The first-order valence-electron chi connectivity index (χ1n) is 6.73. The molecule has 0 saturated heterocycles. The summed E-state index contributed by atoms with van der Waals surface area (Å²) in [6.45, 7) is 4.60. The second-order valence-corrected chi connectivity index (χ2v) is 6.04. The van der Waals surface area contributed by atoms with E-state index in [1.807, 2.05) is 18.7 Å². The first kappa shape index (κ1) is 14.2. The predicted octanol–water partition coefficient (Wildman–Crippen LogP) is 1.94. The van der Waals surface area contributed by atoms with Crippen LogP contribution < -0.4 is 15.8 Å². The van der Waals surface area contributed by atoms with E-state index in [1.165, 1.54) is 12.2 Å². The van der Waals surface area contributed by atoms with Gasteiger partial charge in [-0.25, -0.2) is 0 Å². The monoisotopic (exact) mass is 283 g/mol. The molecule has 1 heterocycles. The van der Waals surface area contributed by atoms with E-state index in [1.54, 1.807) is 0 Å². The van der Waals surface area contributed by atoms with E-state index in [2.05, 4.69) is 27.2 Å². The summed E-state index contributed by atoms with van der Waals surface area (Å²) in [7, 11) is 0. The van der Waals surface area contributed by atoms with Crippen molar-refractivity contribution in [2.45, 2.75) is 44.4 Å². The normalized spacial score (nSPS) is 22.4. The van der Waals surface area contributed by atoms with Crippen molar-refractivity contribution in [2.24, 2.45) is 0 Å². The van der Waals surface area contributed by atoms with E-state index in [4.69, 9.17) is 10.5 Å². The molecule has 0 amide bonds. The molecule has 106 valence electrons. The van der Waals surface area contributed by atoms with Gasteiger partial charge in [0.2, 0.25) is 11.9 Å². The molecule has 7 heteroatoms. The van der Waals surface area contributed by atoms with Gasteiger partial charge < -0.3 is 15.8 Å². The van der Waals surface area contributed by atoms with Crippen molar-refractivity contribution in [3.63, 3.8) is 0 Å². The van der Waals surface area contributed by atoms with Crippen LogP contribution in [0.5, 0.6) is 6.01 Å². The lowest BCUT2D eigenvalue weighted by Crippen LogP contribution is -2.19. The molecule has 2 unspecified atom stereocenters. The number of nitrogens with two attached hydrogens (primary N) is 1. The summed E-state index contributed by atoms with van der Waals surface area (Å²) >= 11 is 2.03. The third-order valence-corrected chi connectivity index (χ3v) is 4.26. The molecule has 0 radical (unpaired) electrons. The quantitative estimate of drug-likeness (QED) is 0.825. The van der Waals surface area contributed by atoms with Crippen LogP contribution in [0.3, 0.4) is 0 Å². The van der Waals surface area contributed by atoms with E-state index < -0.39 is 0 Å². The van der Waals surface area contributed by atoms with Gasteiger partial charge >= 0.3 is 6.01 Å². The Morgan fingerprint density at radius 1 is 1.32 bits per heavy atom. The van der Waals surface area contributed by atoms with Crippen LogP contribution in [-0.4, -0.2) is 38.6 Å². The van der Waals surface area contributed by atoms with Gasteiger partial charge in [-0.05, 0) is 31.9 Å². The van der Waals surface area contributed by atoms with E-state index >= 15 is 0 Å². The Morgan fingerprint density at radius 2 is 2.16 bits per heavy atom. The number of ether oxygens (including phenoxy) is 1. The van der Waals surface area contributed by atoms with E-state index in [9.17, 15) is 0 Å². The van der Waals surface area contributed by atoms with Crippen LogP contribution in [0.25, 0.3) is 0 Å². The van der Waals surface area contributed by atoms with Gasteiger partial charge in [0, 0.05) is 11.3 Å². The first-order valence-corrected chi connectivity index (χ1v) is 7.78. The van der Waals surface area contributed by atoms with Crippen LogP contribution >= 0.6 is 11.8 Å². The second-order valence-electron chi connectivity index (χ2n) is 4.46. The fourth-order valence-electron chi connectivity index (χ4n) is 2.27. The SMILES string of the molecule is CCOc1nc(N)nc(NC2CCC(SCC)C2)n1. The van der Waals surface area contributed by atoms with Gasteiger partial charge in [0.25, 0.3) is 0 Å². The Bertz CT molecular complexity index is 417. The van der Waals surface area contributed by atoms with E-state index in [0.29, 0.717) is 18.6 Å². The zero-order valence-corrected chi connectivity index (χ0v) is 12.2. The second kappa shape index (κ2) is 6.79. The topological polar surface area (TPSA) is 86.0 Å². The molecule has 2 rings (SSSR count). The van der Waals surface area contributed by atoms with Crippen LogP contribution in [0.15, 0.2) is 0 Å². The van der Waals surface area contributed by atoms with Gasteiger partial charge in [-0.15, -0.1) is 0 Å².